The van der Waals surface area contributed by atoms with Gasteiger partial charge in [0.15, 0.2) is 0 Å². The number of hydrogen-bond acceptors (Lipinski definition) is 4. The Morgan fingerprint density at radius 3 is 2.45 bits per heavy atom. The number of aryl methyl sites for hydroxylation is 1. The molecule has 0 aliphatic heterocycles. The number of nitrogens with zero attached hydrogens (tertiary/aromatic N) is 3. The number of aromatic nitrogens is 2. The Morgan fingerprint density at radius 2 is 1.85 bits per heavy atom. The highest BCUT2D eigenvalue weighted by molar-refractivity contribution is 5.69. The van der Waals surface area contributed by atoms with Crippen LogP contribution in [0.4, 0.5) is 17.3 Å². The Morgan fingerprint density at radius 1 is 1.15 bits per heavy atom. The molecule has 0 radical (unpaired) electrons. The van der Waals surface area contributed by atoms with Crippen LogP contribution in [0.25, 0.3) is 0 Å². The molecule has 1 aromatic carbocycles. The van der Waals surface area contributed by atoms with Crippen LogP contribution in [0, 0.1) is 6.92 Å². The maximum Gasteiger partial charge on any atom is 0.141 e. The van der Waals surface area contributed by atoms with Crippen molar-refractivity contribution in [3.05, 3.63) is 41.7 Å². The van der Waals surface area contributed by atoms with Crippen LogP contribution in [-0.4, -0.2) is 24.1 Å². The molecule has 4 nitrogen and oxygen atoms in total. The van der Waals surface area contributed by atoms with Gasteiger partial charge in [0.1, 0.15) is 18.0 Å². The van der Waals surface area contributed by atoms with Crippen LogP contribution >= 0.6 is 0 Å². The summed E-state index contributed by atoms with van der Waals surface area (Å²) < 4.78 is 0. The molecule has 1 N–H and O–H groups in total. The topological polar surface area (TPSA) is 41.1 Å². The lowest BCUT2D eigenvalue weighted by Gasteiger charge is -2.25. The molecule has 20 heavy (non-hydrogen) atoms. The van der Waals surface area contributed by atoms with Crippen LogP contribution < -0.4 is 10.2 Å². The van der Waals surface area contributed by atoms with Gasteiger partial charge in [0, 0.05) is 25.3 Å². The fourth-order valence-electron chi connectivity index (χ4n) is 2.44. The second-order valence-electron chi connectivity index (χ2n) is 5.21. The van der Waals surface area contributed by atoms with Crippen molar-refractivity contribution in [2.75, 3.05) is 24.3 Å². The van der Waals surface area contributed by atoms with Crippen molar-refractivity contribution < 1.29 is 0 Å². The highest BCUT2D eigenvalue weighted by atomic mass is 15.2. The predicted molar refractivity (Wildman–Crippen MR) is 84.9 cm³/mol. The molecular formula is C16H22N4. The highest BCUT2D eigenvalue weighted by Crippen LogP contribution is 2.34. The smallest absolute Gasteiger partial charge is 0.141 e. The van der Waals surface area contributed by atoms with Crippen molar-refractivity contribution in [2.24, 2.45) is 0 Å². The molecule has 0 aliphatic rings. The molecule has 0 aliphatic carbocycles. The van der Waals surface area contributed by atoms with Gasteiger partial charge in [-0.05, 0) is 24.5 Å². The summed E-state index contributed by atoms with van der Waals surface area (Å²) in [7, 11) is 3.95. The van der Waals surface area contributed by atoms with Crippen molar-refractivity contribution in [2.45, 2.75) is 26.7 Å². The molecule has 1 heterocycles. The van der Waals surface area contributed by atoms with E-state index in [4.69, 9.17) is 0 Å². The maximum absolute atomic E-state index is 4.50. The Balaban J connectivity index is 2.55. The highest BCUT2D eigenvalue weighted by Gasteiger charge is 2.18. The van der Waals surface area contributed by atoms with Gasteiger partial charge in [-0.1, -0.05) is 32.0 Å². The molecule has 0 saturated heterocycles. The second-order valence-corrected chi connectivity index (χ2v) is 5.21. The fourth-order valence-corrected chi connectivity index (χ4v) is 2.44. The Kier molecular flexibility index (Phi) is 4.23. The lowest BCUT2D eigenvalue weighted by molar-refractivity contribution is 0.841. The number of anilines is 3. The van der Waals surface area contributed by atoms with Gasteiger partial charge in [-0.25, -0.2) is 9.97 Å². The van der Waals surface area contributed by atoms with E-state index in [0.717, 1.165) is 22.9 Å². The second kappa shape index (κ2) is 5.90. The van der Waals surface area contributed by atoms with Gasteiger partial charge in [0.05, 0.1) is 0 Å². The Bertz CT molecular complexity index is 593. The molecule has 0 atom stereocenters. The number of rotatable bonds is 4. The molecular weight excluding hydrogens is 248 g/mol. The van der Waals surface area contributed by atoms with Crippen molar-refractivity contribution in [1.29, 1.82) is 0 Å². The minimum absolute atomic E-state index is 0.347. The number of nitrogens with one attached hydrogen (secondary N) is 1. The van der Waals surface area contributed by atoms with E-state index >= 15 is 0 Å². The van der Waals surface area contributed by atoms with Crippen LogP contribution in [0.15, 0.2) is 30.6 Å². The quantitative estimate of drug-likeness (QED) is 0.919. The molecule has 106 valence electrons. The third-order valence-electron chi connectivity index (χ3n) is 3.47. The van der Waals surface area contributed by atoms with E-state index in [9.17, 15) is 0 Å². The van der Waals surface area contributed by atoms with Crippen LogP contribution in [0.2, 0.25) is 0 Å². The van der Waals surface area contributed by atoms with Gasteiger partial charge in [-0.15, -0.1) is 0 Å². The molecule has 0 spiro atoms. The first-order chi connectivity index (χ1) is 9.56. The van der Waals surface area contributed by atoms with Crippen molar-refractivity contribution in [1.82, 2.24) is 9.97 Å². The van der Waals surface area contributed by atoms with Gasteiger partial charge in [-0.2, -0.15) is 0 Å². The van der Waals surface area contributed by atoms with Crippen molar-refractivity contribution >= 4 is 17.3 Å². The summed E-state index contributed by atoms with van der Waals surface area (Å²) in [5.74, 6) is 2.19. The third kappa shape index (κ3) is 2.59. The van der Waals surface area contributed by atoms with Crippen LogP contribution in [0.5, 0.6) is 0 Å². The lowest BCUT2D eigenvalue weighted by atomic mass is 10.0. The van der Waals surface area contributed by atoms with Gasteiger partial charge >= 0.3 is 0 Å². The standard InChI is InChI=1S/C16H22N4/c1-11(2)14-15(17-4)18-10-19-16(14)20(5)13-9-7-6-8-12(13)3/h6-11H,1-5H3,(H,17,18,19). The molecule has 4 heteroatoms. The SMILES string of the molecule is CNc1ncnc(N(C)c2ccccc2C)c1C(C)C. The number of benzene rings is 1. The minimum Gasteiger partial charge on any atom is -0.373 e. The Labute approximate surface area is 120 Å². The van der Waals surface area contributed by atoms with Gasteiger partial charge in [0.25, 0.3) is 0 Å². The van der Waals surface area contributed by atoms with E-state index in [1.807, 2.05) is 13.1 Å². The van der Waals surface area contributed by atoms with Crippen molar-refractivity contribution in [3.8, 4) is 0 Å². The first-order valence-corrected chi connectivity index (χ1v) is 6.88. The summed E-state index contributed by atoms with van der Waals surface area (Å²) in [6, 6.07) is 8.32. The van der Waals surface area contributed by atoms with Gasteiger partial charge in [-0.3, -0.25) is 0 Å². The van der Waals surface area contributed by atoms with E-state index in [2.05, 4.69) is 66.2 Å². The lowest BCUT2D eigenvalue weighted by Crippen LogP contribution is -2.17. The molecule has 1 aromatic heterocycles. The van der Waals surface area contributed by atoms with Gasteiger partial charge < -0.3 is 10.2 Å². The number of para-hydroxylation sites is 1. The van der Waals surface area contributed by atoms with Crippen molar-refractivity contribution in [3.63, 3.8) is 0 Å². The average molecular weight is 270 g/mol. The van der Waals surface area contributed by atoms with Crippen LogP contribution in [0.1, 0.15) is 30.9 Å². The van der Waals surface area contributed by atoms with E-state index in [1.165, 1.54) is 5.56 Å². The van der Waals surface area contributed by atoms with E-state index < -0.39 is 0 Å². The summed E-state index contributed by atoms with van der Waals surface area (Å²) >= 11 is 0. The first kappa shape index (κ1) is 14.3. The summed E-state index contributed by atoms with van der Waals surface area (Å²) in [5.41, 5.74) is 3.53. The van der Waals surface area contributed by atoms with Crippen LogP contribution in [-0.2, 0) is 0 Å². The summed E-state index contributed by atoms with van der Waals surface area (Å²) in [6.45, 7) is 6.44. The molecule has 0 bridgehead atoms. The zero-order valence-corrected chi connectivity index (χ0v) is 12.8. The minimum atomic E-state index is 0.347. The summed E-state index contributed by atoms with van der Waals surface area (Å²) in [4.78, 5) is 11.0. The fraction of sp³-hybridized carbons (Fsp3) is 0.375. The molecule has 2 rings (SSSR count). The molecule has 0 saturated carbocycles. The van der Waals surface area contributed by atoms with Gasteiger partial charge in [0.2, 0.25) is 0 Å². The molecule has 0 fully saturated rings. The normalized spacial score (nSPS) is 10.7. The first-order valence-electron chi connectivity index (χ1n) is 6.88. The maximum atomic E-state index is 4.50. The predicted octanol–water partition coefficient (Wildman–Crippen LogP) is 3.72. The molecule has 2 aromatic rings. The summed E-state index contributed by atoms with van der Waals surface area (Å²) in [5, 5.41) is 3.16. The summed E-state index contributed by atoms with van der Waals surface area (Å²) in [6.07, 6.45) is 1.61. The monoisotopic (exact) mass is 270 g/mol. The molecule has 0 amide bonds. The average Bonchev–Trinajstić information content (AvgIpc) is 2.46. The number of hydrogen-bond donors (Lipinski definition) is 1. The van der Waals surface area contributed by atoms with E-state index in [-0.39, 0.29) is 0 Å². The largest absolute Gasteiger partial charge is 0.373 e. The Hall–Kier alpha value is -2.10. The third-order valence-corrected chi connectivity index (χ3v) is 3.47. The van der Waals surface area contributed by atoms with E-state index in [1.54, 1.807) is 6.33 Å². The zero-order chi connectivity index (χ0) is 14.7. The molecule has 0 unspecified atom stereocenters. The van der Waals surface area contributed by atoms with E-state index in [0.29, 0.717) is 5.92 Å². The zero-order valence-electron chi connectivity index (χ0n) is 12.8. The van der Waals surface area contributed by atoms with Crippen LogP contribution in [0.3, 0.4) is 0 Å².